The van der Waals surface area contributed by atoms with Gasteiger partial charge in [0.25, 0.3) is 0 Å². The molecule has 1 rings (SSSR count). The van der Waals surface area contributed by atoms with Gasteiger partial charge in [0.1, 0.15) is 0 Å². The molecule has 4 nitrogen and oxygen atoms in total. The van der Waals surface area contributed by atoms with Gasteiger partial charge in [-0.3, -0.25) is 4.99 Å². The zero-order chi connectivity index (χ0) is 15.0. The van der Waals surface area contributed by atoms with Gasteiger partial charge in [-0.25, -0.2) is 0 Å². The van der Waals surface area contributed by atoms with Crippen LogP contribution in [0.25, 0.3) is 0 Å². The third kappa shape index (κ3) is 6.06. The van der Waals surface area contributed by atoms with Crippen LogP contribution in [0.4, 0.5) is 0 Å². The number of hydrogen-bond donors (Lipinski definition) is 2. The lowest BCUT2D eigenvalue weighted by Gasteiger charge is -2.17. The topological polar surface area (TPSA) is 45.7 Å². The number of aryl methyl sites for hydroxylation is 2. The van der Waals surface area contributed by atoms with E-state index in [-0.39, 0.29) is 6.04 Å². The molecule has 2 N–H and O–H groups in total. The van der Waals surface area contributed by atoms with Crippen LogP contribution in [-0.2, 0) is 11.2 Å². The fourth-order valence-electron chi connectivity index (χ4n) is 2.26. The fourth-order valence-corrected chi connectivity index (χ4v) is 2.26. The molecule has 4 heteroatoms. The van der Waals surface area contributed by atoms with E-state index in [1.165, 1.54) is 16.7 Å². The van der Waals surface area contributed by atoms with Gasteiger partial charge >= 0.3 is 0 Å². The summed E-state index contributed by atoms with van der Waals surface area (Å²) in [6, 6.07) is 6.91. The van der Waals surface area contributed by atoms with Crippen molar-refractivity contribution in [3.05, 3.63) is 34.9 Å². The van der Waals surface area contributed by atoms with Crippen LogP contribution < -0.4 is 10.6 Å². The average Bonchev–Trinajstić information content (AvgIpc) is 2.36. The summed E-state index contributed by atoms with van der Waals surface area (Å²) >= 11 is 0. The molecule has 0 saturated heterocycles. The Labute approximate surface area is 122 Å². The molecule has 1 atom stereocenters. The Morgan fingerprint density at radius 3 is 2.45 bits per heavy atom. The lowest BCUT2D eigenvalue weighted by atomic mass is 10.1. The van der Waals surface area contributed by atoms with Crippen LogP contribution in [0.2, 0.25) is 0 Å². The molecule has 0 amide bonds. The number of nitrogens with one attached hydrogen (secondary N) is 2. The molecule has 112 valence electrons. The second-order valence-corrected chi connectivity index (χ2v) is 5.25. The van der Waals surface area contributed by atoms with E-state index < -0.39 is 0 Å². The smallest absolute Gasteiger partial charge is 0.191 e. The predicted molar refractivity (Wildman–Crippen MR) is 85.5 cm³/mol. The Kier molecular flexibility index (Phi) is 7.09. The molecule has 0 aromatic heterocycles. The second kappa shape index (κ2) is 8.59. The first kappa shape index (κ1) is 16.5. The minimum Gasteiger partial charge on any atom is -0.383 e. The zero-order valence-corrected chi connectivity index (χ0v) is 13.3. The molecule has 1 aromatic rings. The minimum absolute atomic E-state index is 0.243. The van der Waals surface area contributed by atoms with Gasteiger partial charge in [-0.1, -0.05) is 29.3 Å². The Hall–Kier alpha value is -1.55. The van der Waals surface area contributed by atoms with Crippen molar-refractivity contribution in [2.24, 2.45) is 4.99 Å². The highest BCUT2D eigenvalue weighted by Gasteiger charge is 2.04. The Morgan fingerprint density at radius 2 is 1.90 bits per heavy atom. The maximum absolute atomic E-state index is 5.10. The maximum Gasteiger partial charge on any atom is 0.191 e. The largest absolute Gasteiger partial charge is 0.383 e. The van der Waals surface area contributed by atoms with E-state index >= 15 is 0 Å². The molecule has 0 saturated carbocycles. The number of benzene rings is 1. The van der Waals surface area contributed by atoms with E-state index in [0.29, 0.717) is 6.61 Å². The molecule has 0 spiro atoms. The van der Waals surface area contributed by atoms with Crippen molar-refractivity contribution in [2.75, 3.05) is 27.3 Å². The van der Waals surface area contributed by atoms with Crippen molar-refractivity contribution in [1.29, 1.82) is 0 Å². The van der Waals surface area contributed by atoms with Gasteiger partial charge in [-0.2, -0.15) is 0 Å². The molecule has 0 aliphatic heterocycles. The number of methoxy groups -OCH3 is 1. The Morgan fingerprint density at radius 1 is 1.25 bits per heavy atom. The normalized spacial score (nSPS) is 13.2. The highest BCUT2D eigenvalue weighted by Crippen LogP contribution is 2.08. The van der Waals surface area contributed by atoms with E-state index in [0.717, 1.165) is 18.9 Å². The van der Waals surface area contributed by atoms with Crippen LogP contribution in [-0.4, -0.2) is 39.3 Å². The van der Waals surface area contributed by atoms with E-state index in [4.69, 9.17) is 4.74 Å². The van der Waals surface area contributed by atoms with Gasteiger partial charge in [0.05, 0.1) is 6.61 Å². The number of ether oxygens (including phenoxy) is 1. The van der Waals surface area contributed by atoms with Crippen molar-refractivity contribution >= 4 is 5.96 Å². The summed E-state index contributed by atoms with van der Waals surface area (Å²) < 4.78 is 5.10. The molecule has 0 aliphatic rings. The predicted octanol–water partition coefficient (Wildman–Crippen LogP) is 2.05. The van der Waals surface area contributed by atoms with Gasteiger partial charge in [0.2, 0.25) is 0 Å². The number of aliphatic imine (C=N–C) groups is 1. The molecule has 0 bridgehead atoms. The second-order valence-electron chi connectivity index (χ2n) is 5.25. The summed E-state index contributed by atoms with van der Waals surface area (Å²) in [5.74, 6) is 0.818. The van der Waals surface area contributed by atoms with Crippen LogP contribution in [0.5, 0.6) is 0 Å². The molecule has 0 fully saturated rings. The highest BCUT2D eigenvalue weighted by molar-refractivity contribution is 5.79. The third-order valence-corrected chi connectivity index (χ3v) is 3.01. The van der Waals surface area contributed by atoms with Crippen molar-refractivity contribution < 1.29 is 4.74 Å². The van der Waals surface area contributed by atoms with Crippen LogP contribution in [0, 0.1) is 13.8 Å². The maximum atomic E-state index is 5.10. The van der Waals surface area contributed by atoms with Crippen molar-refractivity contribution in [1.82, 2.24) is 10.6 Å². The van der Waals surface area contributed by atoms with E-state index in [1.807, 2.05) is 0 Å². The summed E-state index contributed by atoms with van der Waals surface area (Å²) in [5, 5.41) is 6.62. The first-order valence-corrected chi connectivity index (χ1v) is 7.08. The lowest BCUT2D eigenvalue weighted by molar-refractivity contribution is 0.179. The number of guanidine groups is 1. The fraction of sp³-hybridized carbons (Fsp3) is 0.562. The van der Waals surface area contributed by atoms with Gasteiger partial charge in [0.15, 0.2) is 5.96 Å². The summed E-state index contributed by atoms with van der Waals surface area (Å²) in [6.07, 6.45) is 0.988. The lowest BCUT2D eigenvalue weighted by Crippen LogP contribution is -2.44. The summed E-state index contributed by atoms with van der Waals surface area (Å²) in [6.45, 7) is 7.87. The summed E-state index contributed by atoms with van der Waals surface area (Å²) in [7, 11) is 3.49. The van der Waals surface area contributed by atoms with Crippen LogP contribution in [0.3, 0.4) is 0 Å². The molecular formula is C16H27N3O. The van der Waals surface area contributed by atoms with Crippen LogP contribution >= 0.6 is 0 Å². The molecule has 0 radical (unpaired) electrons. The van der Waals surface area contributed by atoms with Crippen LogP contribution in [0.15, 0.2) is 23.2 Å². The zero-order valence-electron chi connectivity index (χ0n) is 13.3. The van der Waals surface area contributed by atoms with Gasteiger partial charge in [0, 0.05) is 26.7 Å². The van der Waals surface area contributed by atoms with Crippen molar-refractivity contribution in [2.45, 2.75) is 33.2 Å². The van der Waals surface area contributed by atoms with Gasteiger partial charge < -0.3 is 15.4 Å². The first-order valence-electron chi connectivity index (χ1n) is 7.08. The Bertz CT molecular complexity index is 423. The SMILES string of the molecule is CN=C(NCCc1cc(C)cc(C)c1)NC(C)COC. The molecular weight excluding hydrogens is 250 g/mol. The Balaban J connectivity index is 2.41. The molecule has 1 unspecified atom stereocenters. The number of hydrogen-bond acceptors (Lipinski definition) is 2. The van der Waals surface area contributed by atoms with E-state index in [9.17, 15) is 0 Å². The molecule has 1 aromatic carbocycles. The van der Waals surface area contributed by atoms with E-state index in [2.05, 4.69) is 54.6 Å². The molecule has 20 heavy (non-hydrogen) atoms. The highest BCUT2D eigenvalue weighted by atomic mass is 16.5. The molecule has 0 aliphatic carbocycles. The van der Waals surface area contributed by atoms with Gasteiger partial charge in [-0.15, -0.1) is 0 Å². The average molecular weight is 277 g/mol. The standard InChI is InChI=1S/C16H27N3O/c1-12-8-13(2)10-15(9-12)6-7-18-16(17-4)19-14(3)11-20-5/h8-10,14H,6-7,11H2,1-5H3,(H2,17,18,19). The quantitative estimate of drug-likeness (QED) is 0.618. The van der Waals surface area contributed by atoms with E-state index in [1.54, 1.807) is 14.2 Å². The third-order valence-electron chi connectivity index (χ3n) is 3.01. The van der Waals surface area contributed by atoms with Crippen LogP contribution in [0.1, 0.15) is 23.6 Å². The summed E-state index contributed by atoms with van der Waals surface area (Å²) in [4.78, 5) is 4.22. The monoisotopic (exact) mass is 277 g/mol. The number of nitrogens with zero attached hydrogens (tertiary/aromatic N) is 1. The first-order chi connectivity index (χ1) is 9.55. The number of rotatable bonds is 6. The summed E-state index contributed by atoms with van der Waals surface area (Å²) in [5.41, 5.74) is 3.99. The van der Waals surface area contributed by atoms with Gasteiger partial charge in [-0.05, 0) is 32.8 Å². The minimum atomic E-state index is 0.243. The molecule has 0 heterocycles. The van der Waals surface area contributed by atoms with Crippen molar-refractivity contribution in [3.8, 4) is 0 Å². The van der Waals surface area contributed by atoms with Crippen molar-refractivity contribution in [3.63, 3.8) is 0 Å².